The summed E-state index contributed by atoms with van der Waals surface area (Å²) in [5, 5.41) is 12.3. The Labute approximate surface area is 169 Å². The highest BCUT2D eigenvalue weighted by Crippen LogP contribution is 2.47. The lowest BCUT2D eigenvalue weighted by Gasteiger charge is -2.12. The Hall–Kier alpha value is -3.85. The number of nitrogens with two attached hydrogens (primary N) is 1. The fourth-order valence-corrected chi connectivity index (χ4v) is 3.10. The zero-order valence-corrected chi connectivity index (χ0v) is 16.0. The summed E-state index contributed by atoms with van der Waals surface area (Å²) < 4.78 is 5.82. The molecule has 0 saturated heterocycles. The van der Waals surface area contributed by atoms with Crippen LogP contribution in [-0.2, 0) is 5.41 Å². The molecule has 29 heavy (non-hydrogen) atoms. The molecule has 144 valence electrons. The monoisotopic (exact) mass is 384 g/mol. The van der Waals surface area contributed by atoms with Crippen molar-refractivity contribution in [2.24, 2.45) is 0 Å². The first-order chi connectivity index (χ1) is 14.0. The summed E-state index contributed by atoms with van der Waals surface area (Å²) >= 11 is 0. The summed E-state index contributed by atoms with van der Waals surface area (Å²) in [4.78, 5) is 16.9. The number of ether oxygens (including phenoxy) is 1. The van der Waals surface area contributed by atoms with E-state index in [4.69, 9.17) is 10.5 Å². The van der Waals surface area contributed by atoms with Crippen molar-refractivity contribution in [3.8, 4) is 17.7 Å². The van der Waals surface area contributed by atoms with E-state index in [9.17, 15) is 10.1 Å². The van der Waals surface area contributed by atoms with Crippen LogP contribution in [0.2, 0.25) is 0 Å². The Kier molecular flexibility index (Phi) is 4.65. The van der Waals surface area contributed by atoms with Gasteiger partial charge in [0.05, 0.1) is 23.4 Å². The third kappa shape index (κ3) is 3.90. The maximum absolute atomic E-state index is 12.7. The number of nitriles is 1. The lowest BCUT2D eigenvalue weighted by atomic mass is 9.96. The van der Waals surface area contributed by atoms with E-state index in [1.807, 2.05) is 31.2 Å². The van der Waals surface area contributed by atoms with Crippen molar-refractivity contribution in [1.82, 2.24) is 4.98 Å². The molecule has 0 radical (unpaired) electrons. The SMILES string of the molecule is Cc1ccc(NC(=O)c2cccc(C3(C#N)CC3)c2)cc1Oc1ccc(N)cn1. The molecular weight excluding hydrogens is 364 g/mol. The molecule has 1 amide bonds. The molecule has 6 heteroatoms. The molecule has 4 rings (SSSR count). The van der Waals surface area contributed by atoms with Gasteiger partial charge < -0.3 is 15.8 Å². The zero-order chi connectivity index (χ0) is 20.4. The lowest BCUT2D eigenvalue weighted by molar-refractivity contribution is 0.102. The van der Waals surface area contributed by atoms with Crippen LogP contribution in [0.25, 0.3) is 0 Å². The van der Waals surface area contributed by atoms with E-state index in [0.717, 1.165) is 24.0 Å². The minimum absolute atomic E-state index is 0.235. The van der Waals surface area contributed by atoms with Crippen molar-refractivity contribution in [1.29, 1.82) is 5.26 Å². The van der Waals surface area contributed by atoms with Gasteiger partial charge >= 0.3 is 0 Å². The van der Waals surface area contributed by atoms with E-state index in [-0.39, 0.29) is 5.91 Å². The molecule has 0 atom stereocenters. The van der Waals surface area contributed by atoms with E-state index >= 15 is 0 Å². The molecule has 1 saturated carbocycles. The van der Waals surface area contributed by atoms with Crippen LogP contribution in [0.15, 0.2) is 60.8 Å². The number of aryl methyl sites for hydroxylation is 1. The number of carbonyl (C=O) groups excluding carboxylic acids is 1. The summed E-state index contributed by atoms with van der Waals surface area (Å²) in [7, 11) is 0. The van der Waals surface area contributed by atoms with Crippen LogP contribution in [0.4, 0.5) is 11.4 Å². The fraction of sp³-hybridized carbons (Fsp3) is 0.174. The largest absolute Gasteiger partial charge is 0.439 e. The highest BCUT2D eigenvalue weighted by molar-refractivity contribution is 6.04. The number of nitrogens with one attached hydrogen (secondary N) is 1. The average Bonchev–Trinajstić information content (AvgIpc) is 3.54. The van der Waals surface area contributed by atoms with Crippen molar-refractivity contribution >= 4 is 17.3 Å². The first-order valence-electron chi connectivity index (χ1n) is 9.32. The number of anilines is 2. The van der Waals surface area contributed by atoms with Gasteiger partial charge in [-0.3, -0.25) is 4.79 Å². The normalized spacial score (nSPS) is 13.9. The molecule has 2 aromatic carbocycles. The fourth-order valence-electron chi connectivity index (χ4n) is 3.10. The number of rotatable bonds is 5. The second-order valence-corrected chi connectivity index (χ2v) is 7.24. The van der Waals surface area contributed by atoms with Gasteiger partial charge in [-0.2, -0.15) is 5.26 Å². The second kappa shape index (κ2) is 7.28. The van der Waals surface area contributed by atoms with Crippen molar-refractivity contribution < 1.29 is 9.53 Å². The van der Waals surface area contributed by atoms with Gasteiger partial charge in [0.15, 0.2) is 0 Å². The number of aromatic nitrogens is 1. The smallest absolute Gasteiger partial charge is 0.255 e. The first-order valence-corrected chi connectivity index (χ1v) is 9.32. The van der Waals surface area contributed by atoms with Gasteiger partial charge in [0.25, 0.3) is 5.91 Å². The van der Waals surface area contributed by atoms with E-state index in [2.05, 4.69) is 16.4 Å². The van der Waals surface area contributed by atoms with Gasteiger partial charge in [0, 0.05) is 23.4 Å². The van der Waals surface area contributed by atoms with Crippen molar-refractivity contribution in [2.75, 3.05) is 11.1 Å². The van der Waals surface area contributed by atoms with Gasteiger partial charge in [-0.1, -0.05) is 18.2 Å². The number of hydrogen-bond acceptors (Lipinski definition) is 5. The van der Waals surface area contributed by atoms with Crippen LogP contribution >= 0.6 is 0 Å². The predicted octanol–water partition coefficient (Wildman–Crippen LogP) is 4.57. The minimum atomic E-state index is -0.423. The van der Waals surface area contributed by atoms with Gasteiger partial charge in [0.2, 0.25) is 5.88 Å². The van der Waals surface area contributed by atoms with Gasteiger partial charge in [-0.25, -0.2) is 4.98 Å². The number of benzene rings is 2. The molecule has 6 nitrogen and oxygen atoms in total. The van der Waals surface area contributed by atoms with Crippen LogP contribution < -0.4 is 15.8 Å². The van der Waals surface area contributed by atoms with Gasteiger partial charge in [-0.15, -0.1) is 0 Å². The first kappa shape index (κ1) is 18.5. The predicted molar refractivity (Wildman–Crippen MR) is 111 cm³/mol. The van der Waals surface area contributed by atoms with E-state index in [0.29, 0.717) is 28.6 Å². The number of nitrogen functional groups attached to an aromatic ring is 1. The summed E-state index contributed by atoms with van der Waals surface area (Å²) in [6.45, 7) is 1.92. The zero-order valence-electron chi connectivity index (χ0n) is 16.0. The number of pyridine rings is 1. The molecule has 1 aliphatic carbocycles. The molecule has 3 aromatic rings. The molecule has 0 spiro atoms. The summed E-state index contributed by atoms with van der Waals surface area (Å²) in [5.74, 6) is 0.779. The Morgan fingerprint density at radius 3 is 2.72 bits per heavy atom. The molecule has 1 aliphatic rings. The Bertz CT molecular complexity index is 1110. The molecule has 1 heterocycles. The molecule has 0 unspecified atom stereocenters. The van der Waals surface area contributed by atoms with E-state index in [1.165, 1.54) is 6.20 Å². The maximum Gasteiger partial charge on any atom is 0.255 e. The summed E-state index contributed by atoms with van der Waals surface area (Å²) in [6.07, 6.45) is 3.20. The van der Waals surface area contributed by atoms with Gasteiger partial charge in [0.1, 0.15) is 5.75 Å². The van der Waals surface area contributed by atoms with Crippen LogP contribution in [0.3, 0.4) is 0 Å². The third-order valence-corrected chi connectivity index (χ3v) is 5.06. The number of amides is 1. The maximum atomic E-state index is 12.7. The van der Waals surface area contributed by atoms with Crippen molar-refractivity contribution in [2.45, 2.75) is 25.2 Å². The number of carbonyl (C=O) groups is 1. The number of hydrogen-bond donors (Lipinski definition) is 2. The summed E-state index contributed by atoms with van der Waals surface area (Å²) in [6, 6.07) is 18.5. The van der Waals surface area contributed by atoms with Crippen LogP contribution in [0, 0.1) is 18.3 Å². The third-order valence-electron chi connectivity index (χ3n) is 5.06. The molecule has 0 aliphatic heterocycles. The Morgan fingerprint density at radius 2 is 2.03 bits per heavy atom. The highest BCUT2D eigenvalue weighted by Gasteiger charge is 2.44. The Morgan fingerprint density at radius 1 is 1.21 bits per heavy atom. The van der Waals surface area contributed by atoms with E-state index in [1.54, 1.807) is 30.3 Å². The minimum Gasteiger partial charge on any atom is -0.439 e. The number of nitrogens with zero attached hydrogens (tertiary/aromatic N) is 2. The topological polar surface area (TPSA) is 101 Å². The van der Waals surface area contributed by atoms with Crippen molar-refractivity contribution in [3.63, 3.8) is 0 Å². The lowest BCUT2D eigenvalue weighted by Crippen LogP contribution is -2.13. The average molecular weight is 384 g/mol. The van der Waals surface area contributed by atoms with Crippen molar-refractivity contribution in [3.05, 3.63) is 77.5 Å². The standard InChI is InChI=1S/C23H20N4O2/c1-15-5-7-19(12-20(15)29-21-8-6-18(25)13-26-21)27-22(28)16-3-2-4-17(11-16)23(14-24)9-10-23/h2-8,11-13H,9-10,25H2,1H3,(H,27,28). The highest BCUT2D eigenvalue weighted by atomic mass is 16.5. The van der Waals surface area contributed by atoms with E-state index < -0.39 is 5.41 Å². The summed E-state index contributed by atoms with van der Waals surface area (Å²) in [5.41, 5.74) is 8.72. The quantitative estimate of drug-likeness (QED) is 0.671. The van der Waals surface area contributed by atoms with Crippen LogP contribution in [-0.4, -0.2) is 10.9 Å². The van der Waals surface area contributed by atoms with Gasteiger partial charge in [-0.05, 0) is 55.2 Å². The molecule has 1 aromatic heterocycles. The second-order valence-electron chi connectivity index (χ2n) is 7.24. The van der Waals surface area contributed by atoms with Crippen LogP contribution in [0.1, 0.15) is 34.3 Å². The molecule has 0 bridgehead atoms. The molecule has 1 fully saturated rings. The Balaban J connectivity index is 1.52. The molecule has 3 N–H and O–H groups in total. The van der Waals surface area contributed by atoms with Crippen LogP contribution in [0.5, 0.6) is 11.6 Å². The molecular formula is C23H20N4O2.